The average Bonchev–Trinajstić information content (AvgIpc) is 3.27. The Balaban J connectivity index is 3.98. The van der Waals surface area contributed by atoms with Crippen molar-refractivity contribution in [2.45, 2.75) is 193 Å². The van der Waals surface area contributed by atoms with Crippen molar-refractivity contribution in [3.63, 3.8) is 0 Å². The topological polar surface area (TPSA) is 149 Å². The standard InChI is InChI=1S/C52H87O10P/c1-3-5-7-9-11-13-15-17-19-21-23-24-26-28-30-32-34-36-38-40-42-44-52(56)62-50(46-54)48-60-63(57,58)59-47-49(45-53)61-51(55)43-41-39-37-35-33-31-29-27-25-22-20-18-16-14-12-10-8-6-4-2/h6,8,12,14-15,17-18,20-21,23,25,27,31,33,37,39,49-50,53-54H,3-5,7,9-11,13,16,19,22,24,26,28-30,32,34-36,38,40-48H2,1-2H3,(H,57,58)/b8-6-,14-12-,17-15-,20-18-,23-21-,27-25-,33-31-,39-37-. The van der Waals surface area contributed by atoms with Crippen molar-refractivity contribution < 1.29 is 47.8 Å². The Kier molecular flexibility index (Phi) is 44.6. The molecule has 0 heterocycles. The zero-order valence-electron chi connectivity index (χ0n) is 39.3. The van der Waals surface area contributed by atoms with Crippen LogP contribution in [0.2, 0.25) is 0 Å². The van der Waals surface area contributed by atoms with Gasteiger partial charge in [0.15, 0.2) is 0 Å². The molecule has 63 heavy (non-hydrogen) atoms. The van der Waals surface area contributed by atoms with Gasteiger partial charge in [0.2, 0.25) is 0 Å². The highest BCUT2D eigenvalue weighted by molar-refractivity contribution is 7.47. The fourth-order valence-electron chi connectivity index (χ4n) is 6.11. The average molecular weight is 903 g/mol. The molecule has 0 spiro atoms. The summed E-state index contributed by atoms with van der Waals surface area (Å²) in [4.78, 5) is 34.6. The predicted molar refractivity (Wildman–Crippen MR) is 260 cm³/mol. The summed E-state index contributed by atoms with van der Waals surface area (Å²) >= 11 is 0. The van der Waals surface area contributed by atoms with Crippen LogP contribution in [0.25, 0.3) is 0 Å². The largest absolute Gasteiger partial charge is 0.472 e. The molecule has 3 atom stereocenters. The van der Waals surface area contributed by atoms with Gasteiger partial charge in [0.1, 0.15) is 12.2 Å². The van der Waals surface area contributed by atoms with E-state index < -0.39 is 58.4 Å². The molecule has 0 aromatic rings. The molecule has 0 aliphatic heterocycles. The van der Waals surface area contributed by atoms with Gasteiger partial charge in [-0.1, -0.05) is 182 Å². The highest BCUT2D eigenvalue weighted by Crippen LogP contribution is 2.43. The second kappa shape index (κ2) is 46.9. The number of carbonyl (C=O) groups is 2. The van der Waals surface area contributed by atoms with E-state index in [9.17, 15) is 29.3 Å². The molecule has 0 saturated heterocycles. The lowest BCUT2D eigenvalue weighted by Crippen LogP contribution is -2.28. The third kappa shape index (κ3) is 45.3. The first kappa shape index (κ1) is 59.9. The first-order valence-corrected chi connectivity index (χ1v) is 25.7. The molecule has 0 aromatic heterocycles. The van der Waals surface area contributed by atoms with Gasteiger partial charge >= 0.3 is 19.8 Å². The van der Waals surface area contributed by atoms with Gasteiger partial charge in [-0.2, -0.15) is 0 Å². The van der Waals surface area contributed by atoms with Crippen molar-refractivity contribution in [3.05, 3.63) is 97.2 Å². The van der Waals surface area contributed by atoms with Gasteiger partial charge < -0.3 is 24.6 Å². The lowest BCUT2D eigenvalue weighted by atomic mass is 10.1. The van der Waals surface area contributed by atoms with E-state index in [4.69, 9.17) is 18.5 Å². The molecule has 11 heteroatoms. The molecule has 0 rings (SSSR count). The number of unbranched alkanes of at least 4 members (excludes halogenated alkanes) is 14. The molecule has 10 nitrogen and oxygen atoms in total. The first-order chi connectivity index (χ1) is 30.8. The molecule has 3 unspecified atom stereocenters. The van der Waals surface area contributed by atoms with Crippen molar-refractivity contribution in [2.24, 2.45) is 0 Å². The van der Waals surface area contributed by atoms with Crippen LogP contribution in [0.3, 0.4) is 0 Å². The molecule has 0 aliphatic rings. The number of ether oxygens (including phenoxy) is 2. The Morgan fingerprint density at radius 1 is 0.444 bits per heavy atom. The summed E-state index contributed by atoms with van der Waals surface area (Å²) in [5.74, 6) is -1.12. The maximum Gasteiger partial charge on any atom is 0.472 e. The molecule has 0 bridgehead atoms. The van der Waals surface area contributed by atoms with E-state index >= 15 is 0 Å². The van der Waals surface area contributed by atoms with E-state index in [1.807, 2.05) is 12.2 Å². The Hall–Kier alpha value is -3.11. The Morgan fingerprint density at radius 3 is 1.17 bits per heavy atom. The lowest BCUT2D eigenvalue weighted by Gasteiger charge is -2.20. The van der Waals surface area contributed by atoms with Crippen molar-refractivity contribution >= 4 is 19.8 Å². The number of aliphatic hydroxyl groups is 2. The number of phosphoric acid groups is 1. The first-order valence-electron chi connectivity index (χ1n) is 24.2. The number of carbonyl (C=O) groups excluding carboxylic acids is 2. The minimum Gasteiger partial charge on any atom is -0.457 e. The molecule has 0 fully saturated rings. The quantitative estimate of drug-likeness (QED) is 0.0233. The van der Waals surface area contributed by atoms with Crippen molar-refractivity contribution in [1.82, 2.24) is 0 Å². The molecular weight excluding hydrogens is 816 g/mol. The monoisotopic (exact) mass is 903 g/mol. The highest BCUT2D eigenvalue weighted by atomic mass is 31.2. The predicted octanol–water partition coefficient (Wildman–Crippen LogP) is 13.6. The Morgan fingerprint density at radius 2 is 0.778 bits per heavy atom. The van der Waals surface area contributed by atoms with Gasteiger partial charge in [-0.05, 0) is 83.5 Å². The SMILES string of the molecule is CC/C=C\C/C=C\C/C=C\C/C=C\C/C=C\C/C=C\CCC(=O)OC(CO)COP(=O)(O)OCC(CO)OC(=O)CCCCCCCCCCC/C=C\C/C=C\CCCCCCC. The zero-order chi connectivity index (χ0) is 46.2. The Bertz CT molecular complexity index is 1360. The number of hydrogen-bond donors (Lipinski definition) is 3. The van der Waals surface area contributed by atoms with Gasteiger partial charge in [0.25, 0.3) is 0 Å². The summed E-state index contributed by atoms with van der Waals surface area (Å²) in [6, 6.07) is 0. The number of phosphoric ester groups is 1. The number of allylic oxidation sites excluding steroid dienone is 16. The fraction of sp³-hybridized carbons (Fsp3) is 0.654. The normalized spacial score (nSPS) is 14.6. The van der Waals surface area contributed by atoms with E-state index in [1.54, 1.807) is 0 Å². The number of hydrogen-bond acceptors (Lipinski definition) is 9. The third-order valence-corrected chi connectivity index (χ3v) is 10.7. The molecular formula is C52H87O10P. The van der Waals surface area contributed by atoms with Gasteiger partial charge in [-0.15, -0.1) is 0 Å². The van der Waals surface area contributed by atoms with Crippen LogP contribution in [-0.4, -0.2) is 65.7 Å². The second-order valence-electron chi connectivity index (χ2n) is 15.7. The number of esters is 2. The minimum absolute atomic E-state index is 0.0616. The molecule has 0 radical (unpaired) electrons. The maximum atomic E-state index is 12.4. The van der Waals surface area contributed by atoms with E-state index in [1.165, 1.54) is 70.6 Å². The molecule has 3 N–H and O–H groups in total. The van der Waals surface area contributed by atoms with Crippen molar-refractivity contribution in [1.29, 1.82) is 0 Å². The maximum absolute atomic E-state index is 12.4. The third-order valence-electron chi connectivity index (χ3n) is 9.79. The zero-order valence-corrected chi connectivity index (χ0v) is 40.1. The summed E-state index contributed by atoms with van der Waals surface area (Å²) < 4.78 is 32.6. The summed E-state index contributed by atoms with van der Waals surface area (Å²) in [7, 11) is -4.67. The van der Waals surface area contributed by atoms with Crippen molar-refractivity contribution in [2.75, 3.05) is 26.4 Å². The molecule has 0 aromatic carbocycles. The van der Waals surface area contributed by atoms with Crippen LogP contribution < -0.4 is 0 Å². The van der Waals surface area contributed by atoms with Crippen LogP contribution in [0.4, 0.5) is 0 Å². The van der Waals surface area contributed by atoms with Gasteiger partial charge in [0.05, 0.1) is 26.4 Å². The summed E-state index contributed by atoms with van der Waals surface area (Å²) in [6.45, 7) is 1.99. The smallest absolute Gasteiger partial charge is 0.457 e. The van der Waals surface area contributed by atoms with Crippen LogP contribution in [0.15, 0.2) is 97.2 Å². The number of rotatable bonds is 44. The van der Waals surface area contributed by atoms with Crippen LogP contribution in [0.5, 0.6) is 0 Å². The van der Waals surface area contributed by atoms with Crippen LogP contribution in [-0.2, 0) is 32.7 Å². The summed E-state index contributed by atoms with van der Waals surface area (Å²) in [5, 5.41) is 19.2. The number of aliphatic hydroxyl groups excluding tert-OH is 2. The molecule has 0 amide bonds. The van der Waals surface area contributed by atoms with Crippen LogP contribution in [0, 0.1) is 0 Å². The second-order valence-corrected chi connectivity index (χ2v) is 17.2. The Labute approximate surface area is 383 Å². The fourth-order valence-corrected chi connectivity index (χ4v) is 6.90. The summed E-state index contributed by atoms with van der Waals surface area (Å²) in [6.07, 6.45) is 58.2. The van der Waals surface area contributed by atoms with E-state index in [2.05, 4.69) is 98.9 Å². The van der Waals surface area contributed by atoms with E-state index in [0.29, 0.717) is 12.8 Å². The van der Waals surface area contributed by atoms with Gasteiger partial charge in [-0.3, -0.25) is 18.6 Å². The molecule has 0 saturated carbocycles. The van der Waals surface area contributed by atoms with E-state index in [-0.39, 0.29) is 12.8 Å². The molecule has 0 aliphatic carbocycles. The lowest BCUT2D eigenvalue weighted by molar-refractivity contribution is -0.153. The van der Waals surface area contributed by atoms with Gasteiger partial charge in [-0.25, -0.2) is 4.57 Å². The van der Waals surface area contributed by atoms with Crippen molar-refractivity contribution in [3.8, 4) is 0 Å². The summed E-state index contributed by atoms with van der Waals surface area (Å²) in [5.41, 5.74) is 0. The van der Waals surface area contributed by atoms with Crippen LogP contribution >= 0.6 is 7.82 Å². The molecule has 360 valence electrons. The van der Waals surface area contributed by atoms with Crippen LogP contribution in [0.1, 0.15) is 181 Å². The highest BCUT2D eigenvalue weighted by Gasteiger charge is 2.27. The minimum atomic E-state index is -4.67. The van der Waals surface area contributed by atoms with E-state index in [0.717, 1.165) is 70.6 Å². The van der Waals surface area contributed by atoms with Gasteiger partial charge in [0, 0.05) is 12.8 Å².